The number of anilines is 2. The number of nitrogens with zero attached hydrogens (tertiary/aromatic N) is 1. The highest BCUT2D eigenvalue weighted by Crippen LogP contribution is 2.34. The molecule has 0 bridgehead atoms. The Hall–Kier alpha value is -2.51. The van der Waals surface area contributed by atoms with Crippen molar-refractivity contribution in [3.63, 3.8) is 0 Å². The number of carbonyl (C=O) groups excluding carboxylic acids is 1. The van der Waals surface area contributed by atoms with Gasteiger partial charge in [0.15, 0.2) is 5.13 Å². The zero-order valence-electron chi connectivity index (χ0n) is 15.2. The molecule has 27 heavy (non-hydrogen) atoms. The lowest BCUT2D eigenvalue weighted by atomic mass is 10.2. The van der Waals surface area contributed by atoms with Gasteiger partial charge in [-0.25, -0.2) is 4.98 Å². The lowest BCUT2D eigenvalue weighted by Crippen LogP contribution is -2.22. The van der Waals surface area contributed by atoms with Gasteiger partial charge < -0.3 is 15.4 Å². The highest BCUT2D eigenvalue weighted by Gasteiger charge is 2.19. The van der Waals surface area contributed by atoms with Crippen LogP contribution >= 0.6 is 23.1 Å². The summed E-state index contributed by atoms with van der Waals surface area (Å²) in [5.41, 5.74) is 1.88. The third-order valence-corrected chi connectivity index (χ3v) is 5.68. The fraction of sp³-hybridized carbons (Fsp3) is 0.200. The topological polar surface area (TPSA) is 63.3 Å². The monoisotopic (exact) mass is 399 g/mol. The van der Waals surface area contributed by atoms with E-state index in [9.17, 15) is 4.79 Å². The van der Waals surface area contributed by atoms with E-state index in [0.717, 1.165) is 27.8 Å². The summed E-state index contributed by atoms with van der Waals surface area (Å²) in [4.78, 5) is 17.9. The molecule has 0 radical (unpaired) electrons. The van der Waals surface area contributed by atoms with Gasteiger partial charge in [0.2, 0.25) is 0 Å². The van der Waals surface area contributed by atoms with Crippen molar-refractivity contribution in [1.82, 2.24) is 10.3 Å². The fourth-order valence-corrected chi connectivity index (χ4v) is 4.26. The molecule has 2 N–H and O–H groups in total. The number of ether oxygens (including phenoxy) is 1. The normalized spacial score (nSPS) is 10.4. The van der Waals surface area contributed by atoms with E-state index in [1.54, 1.807) is 18.9 Å². The SMILES string of the molecule is CCSc1nc(Nc2ccccc2OC)sc1C(=O)NCc1ccccc1. The number of thioether (sulfide) groups is 1. The van der Waals surface area contributed by atoms with Crippen molar-refractivity contribution >= 4 is 39.8 Å². The van der Waals surface area contributed by atoms with Crippen LogP contribution in [-0.4, -0.2) is 23.8 Å². The molecule has 1 amide bonds. The molecule has 3 rings (SSSR count). The van der Waals surface area contributed by atoms with Crippen molar-refractivity contribution in [3.05, 3.63) is 65.0 Å². The van der Waals surface area contributed by atoms with Gasteiger partial charge in [0.25, 0.3) is 5.91 Å². The smallest absolute Gasteiger partial charge is 0.264 e. The zero-order chi connectivity index (χ0) is 19.1. The number of para-hydroxylation sites is 2. The van der Waals surface area contributed by atoms with Gasteiger partial charge in [0.1, 0.15) is 15.7 Å². The van der Waals surface area contributed by atoms with Gasteiger partial charge in [0, 0.05) is 6.54 Å². The maximum absolute atomic E-state index is 12.7. The fourth-order valence-electron chi connectivity index (χ4n) is 2.46. The van der Waals surface area contributed by atoms with Gasteiger partial charge in [-0.15, -0.1) is 11.8 Å². The van der Waals surface area contributed by atoms with Crippen LogP contribution in [0.4, 0.5) is 10.8 Å². The minimum absolute atomic E-state index is 0.111. The van der Waals surface area contributed by atoms with Crippen LogP contribution in [-0.2, 0) is 6.54 Å². The van der Waals surface area contributed by atoms with Crippen LogP contribution < -0.4 is 15.4 Å². The highest BCUT2D eigenvalue weighted by molar-refractivity contribution is 7.99. The first-order valence-electron chi connectivity index (χ1n) is 8.57. The number of amides is 1. The summed E-state index contributed by atoms with van der Waals surface area (Å²) in [6.07, 6.45) is 0. The van der Waals surface area contributed by atoms with Crippen LogP contribution in [0.3, 0.4) is 0 Å². The van der Waals surface area contributed by atoms with E-state index in [4.69, 9.17) is 4.74 Å². The van der Waals surface area contributed by atoms with Gasteiger partial charge in [-0.3, -0.25) is 4.79 Å². The second kappa shape index (κ2) is 9.43. The van der Waals surface area contributed by atoms with Crippen LogP contribution in [0.25, 0.3) is 0 Å². The quantitative estimate of drug-likeness (QED) is 0.526. The third kappa shape index (κ3) is 5.02. The molecule has 5 nitrogen and oxygen atoms in total. The predicted octanol–water partition coefficient (Wildman–Crippen LogP) is 4.94. The highest BCUT2D eigenvalue weighted by atomic mass is 32.2. The van der Waals surface area contributed by atoms with Crippen LogP contribution in [0.2, 0.25) is 0 Å². The summed E-state index contributed by atoms with van der Waals surface area (Å²) in [5.74, 6) is 1.46. The number of benzene rings is 2. The molecule has 0 fully saturated rings. The molecule has 1 heterocycles. The van der Waals surface area contributed by atoms with E-state index in [-0.39, 0.29) is 5.91 Å². The van der Waals surface area contributed by atoms with Crippen LogP contribution in [0, 0.1) is 0 Å². The maximum atomic E-state index is 12.7. The summed E-state index contributed by atoms with van der Waals surface area (Å²) in [6, 6.07) is 17.5. The molecule has 2 aromatic carbocycles. The summed E-state index contributed by atoms with van der Waals surface area (Å²) >= 11 is 2.91. The van der Waals surface area contributed by atoms with E-state index in [1.807, 2.05) is 61.5 Å². The maximum Gasteiger partial charge on any atom is 0.264 e. The number of methoxy groups -OCH3 is 1. The molecule has 0 aliphatic carbocycles. The van der Waals surface area contributed by atoms with Crippen LogP contribution in [0.5, 0.6) is 5.75 Å². The number of nitrogens with one attached hydrogen (secondary N) is 2. The van der Waals surface area contributed by atoms with Gasteiger partial charge >= 0.3 is 0 Å². The largest absolute Gasteiger partial charge is 0.495 e. The van der Waals surface area contributed by atoms with Crippen molar-refractivity contribution in [3.8, 4) is 5.75 Å². The Morgan fingerprint density at radius 1 is 1.15 bits per heavy atom. The van der Waals surface area contributed by atoms with E-state index in [0.29, 0.717) is 16.6 Å². The number of hydrogen-bond donors (Lipinski definition) is 2. The number of carbonyl (C=O) groups is 1. The molecule has 140 valence electrons. The molecule has 0 saturated heterocycles. The Balaban J connectivity index is 1.77. The Morgan fingerprint density at radius 2 is 1.89 bits per heavy atom. The van der Waals surface area contributed by atoms with Crippen molar-refractivity contribution in [2.45, 2.75) is 18.5 Å². The number of rotatable bonds is 8. The van der Waals surface area contributed by atoms with E-state index in [1.165, 1.54) is 11.3 Å². The zero-order valence-corrected chi connectivity index (χ0v) is 16.8. The molecule has 0 atom stereocenters. The molecule has 3 aromatic rings. The summed E-state index contributed by atoms with van der Waals surface area (Å²) < 4.78 is 5.37. The van der Waals surface area contributed by atoms with Gasteiger partial charge in [0.05, 0.1) is 12.8 Å². The predicted molar refractivity (Wildman–Crippen MR) is 112 cm³/mol. The first-order chi connectivity index (χ1) is 13.2. The van der Waals surface area contributed by atoms with Gasteiger partial charge in [-0.2, -0.15) is 0 Å². The standard InChI is InChI=1S/C20H21N3O2S2/c1-3-26-19-17(18(24)21-13-14-9-5-4-6-10-14)27-20(23-19)22-15-11-7-8-12-16(15)25-2/h4-12H,3,13H2,1-2H3,(H,21,24)(H,22,23). The third-order valence-electron chi connectivity index (χ3n) is 3.73. The Bertz CT molecular complexity index is 897. The Morgan fingerprint density at radius 3 is 2.63 bits per heavy atom. The summed E-state index contributed by atoms with van der Waals surface area (Å²) in [6.45, 7) is 2.53. The van der Waals surface area contributed by atoms with Gasteiger partial charge in [-0.05, 0) is 23.4 Å². The average Bonchev–Trinajstić information content (AvgIpc) is 3.10. The molecule has 7 heteroatoms. The van der Waals surface area contributed by atoms with E-state index >= 15 is 0 Å². The number of hydrogen-bond acceptors (Lipinski definition) is 6. The molecule has 0 saturated carbocycles. The number of thiazole rings is 1. The van der Waals surface area contributed by atoms with E-state index < -0.39 is 0 Å². The Labute approximate surface area is 167 Å². The first kappa shape index (κ1) is 19.3. The lowest BCUT2D eigenvalue weighted by molar-refractivity contribution is 0.0952. The van der Waals surface area contributed by atoms with Gasteiger partial charge in [-0.1, -0.05) is 60.7 Å². The molecule has 0 aliphatic heterocycles. The van der Waals surface area contributed by atoms with E-state index in [2.05, 4.69) is 15.6 Å². The van der Waals surface area contributed by atoms with Crippen molar-refractivity contribution < 1.29 is 9.53 Å². The van der Waals surface area contributed by atoms with Crippen LogP contribution in [0.1, 0.15) is 22.2 Å². The second-order valence-electron chi connectivity index (χ2n) is 5.58. The summed E-state index contributed by atoms with van der Waals surface area (Å²) in [5, 5.41) is 7.65. The molecule has 0 spiro atoms. The average molecular weight is 400 g/mol. The Kier molecular flexibility index (Phi) is 6.73. The minimum Gasteiger partial charge on any atom is -0.495 e. The molecule has 0 unspecified atom stereocenters. The molecule has 1 aromatic heterocycles. The minimum atomic E-state index is -0.111. The lowest BCUT2D eigenvalue weighted by Gasteiger charge is -2.07. The second-order valence-corrected chi connectivity index (χ2v) is 7.83. The van der Waals surface area contributed by atoms with Crippen molar-refractivity contribution in [2.24, 2.45) is 0 Å². The van der Waals surface area contributed by atoms with Crippen LogP contribution in [0.15, 0.2) is 59.6 Å². The van der Waals surface area contributed by atoms with Crippen molar-refractivity contribution in [2.75, 3.05) is 18.2 Å². The molecule has 0 aliphatic rings. The number of aromatic nitrogens is 1. The molecular weight excluding hydrogens is 378 g/mol. The molecular formula is C20H21N3O2S2. The first-order valence-corrected chi connectivity index (χ1v) is 10.4. The van der Waals surface area contributed by atoms with Crippen molar-refractivity contribution in [1.29, 1.82) is 0 Å². The summed E-state index contributed by atoms with van der Waals surface area (Å²) in [7, 11) is 1.63.